The number of hydrogen-bond donors (Lipinski definition) is 2. The Morgan fingerprint density at radius 2 is 2.14 bits per heavy atom. The lowest BCUT2D eigenvalue weighted by molar-refractivity contribution is 0.551. The first-order valence-corrected chi connectivity index (χ1v) is 8.83. The number of fused-ring (bicyclic) bond motifs is 1. The van der Waals surface area contributed by atoms with Crippen molar-refractivity contribution in [2.24, 2.45) is 0 Å². The van der Waals surface area contributed by atoms with Crippen molar-refractivity contribution < 1.29 is 8.42 Å². The average molecular weight is 305 g/mol. The first-order valence-electron chi connectivity index (χ1n) is 7.17. The van der Waals surface area contributed by atoms with Gasteiger partial charge >= 0.3 is 0 Å². The van der Waals surface area contributed by atoms with Gasteiger partial charge in [0.15, 0.2) is 0 Å². The summed E-state index contributed by atoms with van der Waals surface area (Å²) < 4.78 is 27.2. The van der Waals surface area contributed by atoms with E-state index in [4.69, 9.17) is 0 Å². The van der Waals surface area contributed by atoms with E-state index in [9.17, 15) is 8.42 Å². The minimum Gasteiger partial charge on any atom is -0.313 e. The van der Waals surface area contributed by atoms with E-state index in [2.05, 4.69) is 15.0 Å². The Balaban J connectivity index is 1.74. The average Bonchev–Trinajstić information content (AvgIpc) is 2.99. The zero-order valence-corrected chi connectivity index (χ0v) is 12.6. The summed E-state index contributed by atoms with van der Waals surface area (Å²) in [6, 6.07) is 9.67. The van der Waals surface area contributed by atoms with Crippen LogP contribution in [0.2, 0.25) is 0 Å². The molecule has 1 unspecified atom stereocenters. The van der Waals surface area contributed by atoms with Gasteiger partial charge in [-0.05, 0) is 31.0 Å². The summed E-state index contributed by atoms with van der Waals surface area (Å²) in [6.07, 6.45) is 3.83. The highest BCUT2D eigenvalue weighted by atomic mass is 32.2. The van der Waals surface area contributed by atoms with Crippen LogP contribution in [0, 0.1) is 0 Å². The van der Waals surface area contributed by atoms with E-state index in [1.165, 1.54) is 0 Å². The van der Waals surface area contributed by atoms with Crippen molar-refractivity contribution in [2.75, 3.05) is 13.1 Å². The van der Waals surface area contributed by atoms with Crippen LogP contribution in [0.3, 0.4) is 0 Å². The van der Waals surface area contributed by atoms with Crippen LogP contribution in [0.25, 0.3) is 10.9 Å². The van der Waals surface area contributed by atoms with Crippen LogP contribution in [0.15, 0.2) is 36.5 Å². The van der Waals surface area contributed by atoms with Crippen molar-refractivity contribution in [1.29, 1.82) is 0 Å². The van der Waals surface area contributed by atoms with Gasteiger partial charge in [0.25, 0.3) is 0 Å². The van der Waals surface area contributed by atoms with Gasteiger partial charge in [-0.3, -0.25) is 4.98 Å². The molecule has 0 spiro atoms. The molecule has 1 aliphatic rings. The molecule has 112 valence electrons. The minimum atomic E-state index is -3.34. The summed E-state index contributed by atoms with van der Waals surface area (Å²) in [5.41, 5.74) is 1.49. The lowest BCUT2D eigenvalue weighted by atomic mass is 10.1. The van der Waals surface area contributed by atoms with Crippen LogP contribution in [0.5, 0.6) is 0 Å². The fourth-order valence-electron chi connectivity index (χ4n) is 2.70. The molecule has 1 aromatic carbocycles. The van der Waals surface area contributed by atoms with E-state index in [1.54, 1.807) is 6.20 Å². The molecule has 6 heteroatoms. The Morgan fingerprint density at radius 3 is 2.95 bits per heavy atom. The summed E-state index contributed by atoms with van der Waals surface area (Å²) >= 11 is 0. The van der Waals surface area contributed by atoms with Crippen LogP contribution in [0.1, 0.15) is 18.4 Å². The summed E-state index contributed by atoms with van der Waals surface area (Å²) in [4.78, 5) is 4.30. The maximum Gasteiger partial charge on any atom is 0.215 e. The maximum absolute atomic E-state index is 12.2. The predicted molar refractivity (Wildman–Crippen MR) is 83.4 cm³/mol. The number of sulfonamides is 1. The number of aromatic nitrogens is 1. The van der Waals surface area contributed by atoms with E-state index in [1.807, 2.05) is 30.3 Å². The molecule has 2 aromatic rings. The van der Waals surface area contributed by atoms with E-state index in [0.717, 1.165) is 35.9 Å². The third kappa shape index (κ3) is 3.58. The lowest BCUT2D eigenvalue weighted by Crippen LogP contribution is -2.37. The molecule has 1 fully saturated rings. The molecule has 21 heavy (non-hydrogen) atoms. The molecule has 0 amide bonds. The highest BCUT2D eigenvalue weighted by Crippen LogP contribution is 2.18. The SMILES string of the molecule is O=S(=O)(Cc1cccc2cccnc12)NCC1CCCN1. The summed E-state index contributed by atoms with van der Waals surface area (Å²) in [6.45, 7) is 1.43. The topological polar surface area (TPSA) is 71.1 Å². The van der Waals surface area contributed by atoms with Crippen LogP contribution < -0.4 is 10.0 Å². The summed E-state index contributed by atoms with van der Waals surface area (Å²) in [5, 5.41) is 4.24. The Morgan fingerprint density at radius 1 is 1.29 bits per heavy atom. The molecule has 5 nitrogen and oxygen atoms in total. The fraction of sp³-hybridized carbons (Fsp3) is 0.400. The summed E-state index contributed by atoms with van der Waals surface area (Å²) in [7, 11) is -3.34. The number of pyridine rings is 1. The second kappa shape index (κ2) is 6.09. The molecular weight excluding hydrogens is 286 g/mol. The van der Waals surface area contributed by atoms with Crippen molar-refractivity contribution in [2.45, 2.75) is 24.6 Å². The molecular formula is C15H19N3O2S. The van der Waals surface area contributed by atoms with Gasteiger partial charge in [0.05, 0.1) is 11.3 Å². The van der Waals surface area contributed by atoms with Crippen LogP contribution in [0.4, 0.5) is 0 Å². The Kier molecular flexibility index (Phi) is 4.19. The molecule has 0 aliphatic carbocycles. The number of nitrogens with zero attached hydrogens (tertiary/aromatic N) is 1. The Bertz CT molecular complexity index is 719. The second-order valence-electron chi connectivity index (χ2n) is 5.39. The highest BCUT2D eigenvalue weighted by molar-refractivity contribution is 7.88. The number of rotatable bonds is 5. The molecule has 2 heterocycles. The van der Waals surface area contributed by atoms with Gasteiger partial charge in [-0.25, -0.2) is 13.1 Å². The van der Waals surface area contributed by atoms with Crippen molar-refractivity contribution in [3.8, 4) is 0 Å². The van der Waals surface area contributed by atoms with Gasteiger partial charge in [0, 0.05) is 24.2 Å². The van der Waals surface area contributed by atoms with Crippen LogP contribution in [-0.4, -0.2) is 32.5 Å². The van der Waals surface area contributed by atoms with Crippen molar-refractivity contribution in [3.63, 3.8) is 0 Å². The van der Waals surface area contributed by atoms with E-state index < -0.39 is 10.0 Å². The molecule has 0 radical (unpaired) electrons. The van der Waals surface area contributed by atoms with Crippen molar-refractivity contribution >= 4 is 20.9 Å². The van der Waals surface area contributed by atoms with Crippen LogP contribution in [-0.2, 0) is 15.8 Å². The first kappa shape index (κ1) is 14.4. The monoisotopic (exact) mass is 305 g/mol. The third-order valence-electron chi connectivity index (χ3n) is 3.77. The Labute approximate surface area is 124 Å². The van der Waals surface area contributed by atoms with Crippen LogP contribution >= 0.6 is 0 Å². The Hall–Kier alpha value is -1.50. The molecule has 1 aliphatic heterocycles. The van der Waals surface area contributed by atoms with Gasteiger partial charge in [0.1, 0.15) is 0 Å². The number of para-hydroxylation sites is 1. The highest BCUT2D eigenvalue weighted by Gasteiger charge is 2.18. The van der Waals surface area contributed by atoms with Gasteiger partial charge in [0.2, 0.25) is 10.0 Å². The van der Waals surface area contributed by atoms with E-state index in [0.29, 0.717) is 6.54 Å². The summed E-state index contributed by atoms with van der Waals surface area (Å²) in [5.74, 6) is -0.0337. The smallest absolute Gasteiger partial charge is 0.215 e. The first-order chi connectivity index (χ1) is 10.1. The number of nitrogens with one attached hydrogen (secondary N) is 2. The normalized spacial score (nSPS) is 19.1. The second-order valence-corrected chi connectivity index (χ2v) is 7.20. The molecule has 1 atom stereocenters. The standard InChI is InChI=1S/C15H19N3O2S/c19-21(20,18-10-14-7-3-8-16-14)11-13-5-1-4-12-6-2-9-17-15(12)13/h1-2,4-6,9,14,16,18H,3,7-8,10-11H2. The minimum absolute atomic E-state index is 0.0337. The van der Waals surface area contributed by atoms with Gasteiger partial charge in [-0.15, -0.1) is 0 Å². The van der Waals surface area contributed by atoms with E-state index >= 15 is 0 Å². The van der Waals surface area contributed by atoms with Gasteiger partial charge in [-0.2, -0.15) is 0 Å². The molecule has 2 N–H and O–H groups in total. The maximum atomic E-state index is 12.2. The molecule has 0 saturated carbocycles. The quantitative estimate of drug-likeness (QED) is 0.876. The zero-order chi connectivity index (χ0) is 14.7. The molecule has 0 bridgehead atoms. The number of hydrogen-bond acceptors (Lipinski definition) is 4. The molecule has 1 saturated heterocycles. The fourth-order valence-corrected chi connectivity index (χ4v) is 3.90. The van der Waals surface area contributed by atoms with Crippen molar-refractivity contribution in [1.82, 2.24) is 15.0 Å². The molecule has 3 rings (SSSR count). The lowest BCUT2D eigenvalue weighted by Gasteiger charge is -2.12. The zero-order valence-electron chi connectivity index (χ0n) is 11.7. The largest absolute Gasteiger partial charge is 0.313 e. The van der Waals surface area contributed by atoms with Gasteiger partial charge < -0.3 is 5.32 Å². The van der Waals surface area contributed by atoms with E-state index in [-0.39, 0.29) is 11.8 Å². The number of benzene rings is 1. The molecule has 1 aromatic heterocycles. The third-order valence-corrected chi connectivity index (χ3v) is 5.07. The van der Waals surface area contributed by atoms with Crippen molar-refractivity contribution in [3.05, 3.63) is 42.1 Å². The predicted octanol–water partition coefficient (Wildman–Crippen LogP) is 1.41. The van der Waals surface area contributed by atoms with Gasteiger partial charge in [-0.1, -0.05) is 24.3 Å².